The van der Waals surface area contributed by atoms with Crippen LogP contribution in [0.15, 0.2) is 18.2 Å². The van der Waals surface area contributed by atoms with E-state index in [-0.39, 0.29) is 37.6 Å². The third-order valence-electron chi connectivity index (χ3n) is 5.40. The molecule has 0 saturated carbocycles. The molecule has 35 heavy (non-hydrogen) atoms. The van der Waals surface area contributed by atoms with Gasteiger partial charge >= 0.3 is 5.97 Å². The van der Waals surface area contributed by atoms with Gasteiger partial charge in [0.15, 0.2) is 6.61 Å². The van der Waals surface area contributed by atoms with Crippen molar-refractivity contribution in [1.29, 1.82) is 0 Å². The maximum absolute atomic E-state index is 13.2. The highest BCUT2D eigenvalue weighted by Gasteiger charge is 2.47. The Morgan fingerprint density at radius 2 is 1.43 bits per heavy atom. The van der Waals surface area contributed by atoms with Crippen LogP contribution in [-0.4, -0.2) is 41.2 Å². The highest BCUT2D eigenvalue weighted by Crippen LogP contribution is 2.45. The fourth-order valence-corrected chi connectivity index (χ4v) is 4.89. The smallest absolute Gasteiger partial charge is 0.329 e. The van der Waals surface area contributed by atoms with Crippen LogP contribution in [0, 0.1) is 13.8 Å². The van der Waals surface area contributed by atoms with E-state index in [1.807, 2.05) is 26.8 Å². The molecule has 0 spiro atoms. The molecule has 1 heterocycles. The number of nitrogens with one attached hydrogen (secondary N) is 1. The third kappa shape index (κ3) is 5.59. The second-order valence-corrected chi connectivity index (χ2v) is 9.69. The Labute approximate surface area is 222 Å². The predicted octanol–water partition coefficient (Wildman–Crippen LogP) is 6.25. The molecule has 0 aromatic heterocycles. The zero-order valence-corrected chi connectivity index (χ0v) is 22.2. The number of hydrogen-bond donors (Lipinski definition) is 1. The predicted molar refractivity (Wildman–Crippen MR) is 136 cm³/mol. The first-order valence-electron chi connectivity index (χ1n) is 10.8. The van der Waals surface area contributed by atoms with E-state index in [1.54, 1.807) is 12.1 Å². The number of rotatable bonds is 8. The number of hydrogen-bond acceptors (Lipinski definition) is 5. The number of amides is 3. The number of imide groups is 1. The molecule has 0 radical (unpaired) electrons. The van der Waals surface area contributed by atoms with Gasteiger partial charge < -0.3 is 10.1 Å². The van der Waals surface area contributed by atoms with E-state index in [4.69, 9.17) is 51.1 Å². The molecule has 0 fully saturated rings. The summed E-state index contributed by atoms with van der Waals surface area (Å²) in [6.07, 6.45) is 1.31. The molecule has 186 valence electrons. The molecule has 2 aromatic carbocycles. The van der Waals surface area contributed by atoms with Crippen molar-refractivity contribution in [2.45, 2.75) is 46.1 Å². The van der Waals surface area contributed by atoms with Crippen LogP contribution < -0.4 is 5.32 Å². The van der Waals surface area contributed by atoms with E-state index >= 15 is 0 Å². The summed E-state index contributed by atoms with van der Waals surface area (Å²) < 4.78 is 5.20. The van der Waals surface area contributed by atoms with Gasteiger partial charge in [-0.15, -0.1) is 0 Å². The molecule has 0 bridgehead atoms. The number of nitrogens with zero attached hydrogens (tertiary/aromatic N) is 1. The summed E-state index contributed by atoms with van der Waals surface area (Å²) in [4.78, 5) is 52.4. The lowest BCUT2D eigenvalue weighted by Gasteiger charge is -2.24. The Bertz CT molecular complexity index is 1160. The van der Waals surface area contributed by atoms with Crippen molar-refractivity contribution < 1.29 is 23.9 Å². The van der Waals surface area contributed by atoms with E-state index in [2.05, 4.69) is 5.32 Å². The van der Waals surface area contributed by atoms with Crippen molar-refractivity contribution in [2.75, 3.05) is 11.9 Å². The molecular formula is C24H22Cl4N2O5. The monoisotopic (exact) mass is 558 g/mol. The van der Waals surface area contributed by atoms with Crippen molar-refractivity contribution in [3.8, 4) is 0 Å². The van der Waals surface area contributed by atoms with E-state index in [0.29, 0.717) is 18.5 Å². The molecule has 0 saturated heterocycles. The molecule has 1 N–H and O–H groups in total. The van der Waals surface area contributed by atoms with Gasteiger partial charge in [0, 0.05) is 5.69 Å². The van der Waals surface area contributed by atoms with Gasteiger partial charge in [0.05, 0.1) is 31.2 Å². The number of halogens is 4. The number of benzene rings is 2. The molecular weight excluding hydrogens is 538 g/mol. The van der Waals surface area contributed by atoms with Gasteiger partial charge in [-0.1, -0.05) is 72.2 Å². The van der Waals surface area contributed by atoms with E-state index in [1.165, 1.54) is 0 Å². The van der Waals surface area contributed by atoms with Crippen molar-refractivity contribution in [2.24, 2.45) is 0 Å². The molecule has 11 heteroatoms. The molecule has 2 aromatic rings. The number of ether oxygens (including phenoxy) is 1. The van der Waals surface area contributed by atoms with Crippen LogP contribution in [0.5, 0.6) is 0 Å². The van der Waals surface area contributed by atoms with Crippen LogP contribution in [0.25, 0.3) is 0 Å². The minimum atomic E-state index is -1.29. The summed E-state index contributed by atoms with van der Waals surface area (Å²) in [6, 6.07) is 4.22. The zero-order chi connectivity index (χ0) is 26.0. The Hall–Kier alpha value is -2.32. The van der Waals surface area contributed by atoms with Gasteiger partial charge in [-0.05, 0) is 43.5 Å². The topological polar surface area (TPSA) is 92.8 Å². The normalized spacial score (nSPS) is 13.6. The fourth-order valence-electron chi connectivity index (χ4n) is 3.88. The Kier molecular flexibility index (Phi) is 8.70. The average Bonchev–Trinajstić information content (AvgIpc) is 3.05. The number of aryl methyl sites for hydroxylation is 2. The first-order chi connectivity index (χ1) is 16.5. The summed E-state index contributed by atoms with van der Waals surface area (Å²) in [5, 5.41) is 1.86. The lowest BCUT2D eigenvalue weighted by atomic mass is 10.1. The largest absolute Gasteiger partial charge is 0.454 e. The van der Waals surface area contributed by atoms with Gasteiger partial charge in [-0.3, -0.25) is 19.3 Å². The van der Waals surface area contributed by atoms with Crippen LogP contribution in [-0.2, 0) is 14.3 Å². The van der Waals surface area contributed by atoms with Crippen LogP contribution >= 0.6 is 46.4 Å². The van der Waals surface area contributed by atoms with Crippen molar-refractivity contribution in [3.63, 3.8) is 0 Å². The highest BCUT2D eigenvalue weighted by molar-refractivity contribution is 6.55. The number of esters is 1. The molecule has 7 nitrogen and oxygen atoms in total. The first kappa shape index (κ1) is 27.3. The highest BCUT2D eigenvalue weighted by atomic mass is 35.5. The van der Waals surface area contributed by atoms with Gasteiger partial charge in [0.1, 0.15) is 6.04 Å². The number of unbranched alkanes of at least 4 members (excludes halogenated alkanes) is 1. The van der Waals surface area contributed by atoms with E-state index in [0.717, 1.165) is 16.0 Å². The maximum atomic E-state index is 13.2. The van der Waals surface area contributed by atoms with Gasteiger partial charge in [-0.2, -0.15) is 0 Å². The van der Waals surface area contributed by atoms with Crippen molar-refractivity contribution in [3.05, 3.63) is 60.5 Å². The van der Waals surface area contributed by atoms with Crippen molar-refractivity contribution >= 4 is 75.8 Å². The first-order valence-corrected chi connectivity index (χ1v) is 12.3. The Morgan fingerprint density at radius 1 is 0.914 bits per heavy atom. The summed E-state index contributed by atoms with van der Waals surface area (Å²) in [5.74, 6) is -3.15. The number of anilines is 1. The molecule has 3 amide bonds. The summed E-state index contributed by atoms with van der Waals surface area (Å²) in [7, 11) is 0. The average molecular weight is 560 g/mol. The molecule has 0 unspecified atom stereocenters. The molecule has 0 aliphatic carbocycles. The lowest BCUT2D eigenvalue weighted by molar-refractivity contribution is -0.151. The van der Waals surface area contributed by atoms with E-state index in [9.17, 15) is 19.2 Å². The molecule has 1 aliphatic rings. The summed E-state index contributed by atoms with van der Waals surface area (Å²) in [6.45, 7) is 5.07. The Morgan fingerprint density at radius 3 is 1.91 bits per heavy atom. The molecule has 1 atom stereocenters. The number of fused-ring (bicyclic) bond motifs is 1. The second kappa shape index (κ2) is 11.2. The zero-order valence-electron chi connectivity index (χ0n) is 19.1. The fraction of sp³-hybridized carbons (Fsp3) is 0.333. The lowest BCUT2D eigenvalue weighted by Crippen LogP contribution is -2.46. The standard InChI is InChI=1S/C24H22Cl4N2O5/c1-4-5-6-14(24(34)35-10-15(31)29-13-8-11(2)7-12(3)9-13)30-22(32)16-17(23(30)33)19(26)21(28)20(27)18(16)25/h7-9,14H,4-6,10H2,1-3H3,(H,29,31)/t14-/m0/s1. The second-order valence-electron chi connectivity index (χ2n) is 8.18. The van der Waals surface area contributed by atoms with E-state index < -0.39 is 36.3 Å². The molecule has 1 aliphatic heterocycles. The minimum absolute atomic E-state index is 0.121. The Balaban J connectivity index is 1.81. The maximum Gasteiger partial charge on any atom is 0.329 e. The summed E-state index contributed by atoms with van der Waals surface area (Å²) in [5.41, 5.74) is 2.03. The SMILES string of the molecule is CCCC[C@@H](C(=O)OCC(=O)Nc1cc(C)cc(C)c1)N1C(=O)c2c(Cl)c(Cl)c(Cl)c(Cl)c2C1=O. The quantitative estimate of drug-likeness (QED) is 0.178. The van der Waals surface area contributed by atoms with Gasteiger partial charge in [0.2, 0.25) is 0 Å². The van der Waals surface area contributed by atoms with Gasteiger partial charge in [-0.25, -0.2) is 4.79 Å². The van der Waals surface area contributed by atoms with Crippen LogP contribution in [0.1, 0.15) is 58.0 Å². The van der Waals surface area contributed by atoms with Crippen LogP contribution in [0.2, 0.25) is 20.1 Å². The summed E-state index contributed by atoms with van der Waals surface area (Å²) >= 11 is 24.5. The number of carbonyl (C=O) groups is 4. The van der Waals surface area contributed by atoms with Crippen molar-refractivity contribution in [1.82, 2.24) is 4.90 Å². The third-order valence-corrected chi connectivity index (χ3v) is 7.20. The number of carbonyl (C=O) groups excluding carboxylic acids is 4. The minimum Gasteiger partial charge on any atom is -0.454 e. The van der Waals surface area contributed by atoms with Gasteiger partial charge in [0.25, 0.3) is 17.7 Å². The van der Waals surface area contributed by atoms with Crippen LogP contribution in [0.4, 0.5) is 5.69 Å². The molecule has 3 rings (SSSR count). The van der Waals surface area contributed by atoms with Crippen LogP contribution in [0.3, 0.4) is 0 Å².